The number of alkyl halides is 1. The van der Waals surface area contributed by atoms with Gasteiger partial charge in [-0.2, -0.15) is 4.31 Å². The second-order valence-corrected chi connectivity index (χ2v) is 7.47. The van der Waals surface area contributed by atoms with Crippen molar-refractivity contribution < 1.29 is 21.6 Å². The number of hydrogen-bond acceptors (Lipinski definition) is 2. The van der Waals surface area contributed by atoms with Crippen molar-refractivity contribution in [3.63, 3.8) is 0 Å². The summed E-state index contributed by atoms with van der Waals surface area (Å²) in [6.07, 6.45) is 1.39. The lowest BCUT2D eigenvalue weighted by atomic mass is 10.2. The number of piperidine rings is 1. The molecule has 0 aliphatic carbocycles. The molecule has 1 unspecified atom stereocenters. The lowest BCUT2D eigenvalue weighted by Gasteiger charge is -2.29. The highest BCUT2D eigenvalue weighted by atomic mass is 79.9. The maximum absolute atomic E-state index is 13.6. The second kappa shape index (κ2) is 5.41. The highest BCUT2D eigenvalue weighted by Crippen LogP contribution is 2.27. The molecule has 0 saturated carbocycles. The van der Waals surface area contributed by atoms with Gasteiger partial charge in [-0.25, -0.2) is 21.6 Å². The zero-order chi connectivity index (χ0) is 14.2. The van der Waals surface area contributed by atoms with Crippen LogP contribution in [0.3, 0.4) is 0 Å². The van der Waals surface area contributed by atoms with Gasteiger partial charge >= 0.3 is 0 Å². The standard InChI is InChI=1S/C11H11BrF3NO2S/c12-7-2-1-3-16(6-7)19(17,18)11-9(14)4-8(13)5-10(11)15/h4-5,7H,1-3,6H2. The van der Waals surface area contributed by atoms with Gasteiger partial charge in [0.25, 0.3) is 0 Å². The summed E-state index contributed by atoms with van der Waals surface area (Å²) in [5, 5.41) is 0. The van der Waals surface area contributed by atoms with E-state index in [0.717, 1.165) is 10.7 Å². The third-order valence-corrected chi connectivity index (χ3v) is 5.55. The third-order valence-electron chi connectivity index (χ3n) is 2.89. The molecule has 0 aromatic heterocycles. The van der Waals surface area contributed by atoms with E-state index < -0.39 is 32.4 Å². The molecule has 19 heavy (non-hydrogen) atoms. The maximum Gasteiger partial charge on any atom is 0.248 e. The molecule has 1 aliphatic rings. The molecule has 1 aromatic rings. The number of rotatable bonds is 2. The van der Waals surface area contributed by atoms with E-state index in [1.54, 1.807) is 0 Å². The van der Waals surface area contributed by atoms with E-state index in [9.17, 15) is 21.6 Å². The first-order valence-corrected chi connectivity index (χ1v) is 7.96. The van der Waals surface area contributed by atoms with Crippen LogP contribution in [0.5, 0.6) is 0 Å². The number of halogens is 4. The molecule has 0 N–H and O–H groups in total. The first kappa shape index (κ1) is 14.8. The van der Waals surface area contributed by atoms with Crippen LogP contribution in [-0.2, 0) is 10.0 Å². The van der Waals surface area contributed by atoms with E-state index in [1.165, 1.54) is 0 Å². The minimum Gasteiger partial charge on any atom is -0.207 e. The van der Waals surface area contributed by atoms with Crippen molar-refractivity contribution in [3.8, 4) is 0 Å². The molecule has 8 heteroatoms. The quantitative estimate of drug-likeness (QED) is 0.763. The molecule has 0 spiro atoms. The van der Waals surface area contributed by atoms with Crippen molar-refractivity contribution in [3.05, 3.63) is 29.6 Å². The van der Waals surface area contributed by atoms with Gasteiger partial charge in [0.05, 0.1) is 0 Å². The van der Waals surface area contributed by atoms with Crippen LogP contribution in [0.2, 0.25) is 0 Å². The van der Waals surface area contributed by atoms with Gasteiger partial charge in [-0.05, 0) is 12.8 Å². The third kappa shape index (κ3) is 2.95. The highest BCUT2D eigenvalue weighted by molar-refractivity contribution is 9.09. The molecule has 1 fully saturated rings. The van der Waals surface area contributed by atoms with Crippen LogP contribution in [0.4, 0.5) is 13.2 Å². The van der Waals surface area contributed by atoms with Crippen LogP contribution in [-0.4, -0.2) is 30.6 Å². The van der Waals surface area contributed by atoms with E-state index in [1.807, 2.05) is 0 Å². The van der Waals surface area contributed by atoms with Crippen molar-refractivity contribution in [1.29, 1.82) is 0 Å². The van der Waals surface area contributed by atoms with E-state index in [0.29, 0.717) is 18.6 Å². The van der Waals surface area contributed by atoms with Crippen molar-refractivity contribution in [2.24, 2.45) is 0 Å². The summed E-state index contributed by atoms with van der Waals surface area (Å²) in [5.41, 5.74) is 0. The Morgan fingerprint density at radius 2 is 1.79 bits per heavy atom. The average molecular weight is 358 g/mol. The summed E-state index contributed by atoms with van der Waals surface area (Å²) in [6, 6.07) is 0.733. The van der Waals surface area contributed by atoms with Gasteiger partial charge in [-0.1, -0.05) is 15.9 Å². The van der Waals surface area contributed by atoms with Gasteiger partial charge in [0.2, 0.25) is 10.0 Å². The van der Waals surface area contributed by atoms with Crippen LogP contribution in [0.1, 0.15) is 12.8 Å². The summed E-state index contributed by atoms with van der Waals surface area (Å²) in [7, 11) is -4.29. The SMILES string of the molecule is O=S(=O)(c1c(F)cc(F)cc1F)N1CCCC(Br)C1. The van der Waals surface area contributed by atoms with E-state index >= 15 is 0 Å². The molecule has 106 valence electrons. The van der Waals surface area contributed by atoms with Crippen LogP contribution < -0.4 is 0 Å². The monoisotopic (exact) mass is 357 g/mol. The molecule has 1 atom stereocenters. The Morgan fingerprint density at radius 3 is 2.32 bits per heavy atom. The predicted octanol–water partition coefficient (Wildman–Crippen LogP) is 2.65. The van der Waals surface area contributed by atoms with Gasteiger partial charge in [0.1, 0.15) is 17.5 Å². The predicted molar refractivity (Wildman–Crippen MR) is 67.0 cm³/mol. The second-order valence-electron chi connectivity index (χ2n) is 4.30. The van der Waals surface area contributed by atoms with Gasteiger partial charge < -0.3 is 0 Å². The van der Waals surface area contributed by atoms with Crippen molar-refractivity contribution in [1.82, 2.24) is 4.31 Å². The summed E-state index contributed by atoms with van der Waals surface area (Å²) in [4.78, 5) is -1.14. The van der Waals surface area contributed by atoms with E-state index in [2.05, 4.69) is 15.9 Å². The summed E-state index contributed by atoms with van der Waals surface area (Å²) >= 11 is 3.29. The van der Waals surface area contributed by atoms with Crippen molar-refractivity contribution in [2.45, 2.75) is 22.6 Å². The van der Waals surface area contributed by atoms with E-state index in [-0.39, 0.29) is 17.9 Å². The topological polar surface area (TPSA) is 37.4 Å². The largest absolute Gasteiger partial charge is 0.248 e. The van der Waals surface area contributed by atoms with Crippen LogP contribution in [0.15, 0.2) is 17.0 Å². The molecule has 1 aliphatic heterocycles. The molecule has 2 rings (SSSR count). The molecule has 1 heterocycles. The lowest BCUT2D eigenvalue weighted by Crippen LogP contribution is -2.40. The average Bonchev–Trinajstić information content (AvgIpc) is 2.26. The minimum absolute atomic E-state index is 0.0532. The summed E-state index contributed by atoms with van der Waals surface area (Å²) in [5.74, 6) is -3.96. The molecule has 0 amide bonds. The maximum atomic E-state index is 13.6. The Balaban J connectivity index is 2.45. The Kier molecular flexibility index (Phi) is 4.22. The smallest absolute Gasteiger partial charge is 0.207 e. The normalized spacial score (nSPS) is 21.6. The number of sulfonamides is 1. The molecule has 0 radical (unpaired) electrons. The van der Waals surface area contributed by atoms with Crippen LogP contribution in [0.25, 0.3) is 0 Å². The van der Waals surface area contributed by atoms with Crippen LogP contribution >= 0.6 is 15.9 Å². The molecular weight excluding hydrogens is 347 g/mol. The first-order chi connectivity index (χ1) is 8.82. The van der Waals surface area contributed by atoms with Gasteiger partial charge in [-0.15, -0.1) is 0 Å². The van der Waals surface area contributed by atoms with E-state index in [4.69, 9.17) is 0 Å². The molecule has 1 aromatic carbocycles. The zero-order valence-corrected chi connectivity index (χ0v) is 12.1. The summed E-state index contributed by atoms with van der Waals surface area (Å²) in [6.45, 7) is 0.333. The number of nitrogens with zero attached hydrogens (tertiary/aromatic N) is 1. The Bertz CT molecular complexity index is 571. The summed E-state index contributed by atoms with van der Waals surface area (Å²) < 4.78 is 65.3. The number of benzene rings is 1. The fraction of sp³-hybridized carbons (Fsp3) is 0.455. The Morgan fingerprint density at radius 1 is 1.21 bits per heavy atom. The minimum atomic E-state index is -4.29. The fourth-order valence-electron chi connectivity index (χ4n) is 2.02. The number of hydrogen-bond donors (Lipinski definition) is 0. The molecule has 0 bridgehead atoms. The Labute approximate surface area is 117 Å². The lowest BCUT2D eigenvalue weighted by molar-refractivity contribution is 0.351. The van der Waals surface area contributed by atoms with Crippen LogP contribution in [0, 0.1) is 17.5 Å². The first-order valence-electron chi connectivity index (χ1n) is 5.61. The Hall–Kier alpha value is -0.600. The molecule has 1 saturated heterocycles. The molecule has 3 nitrogen and oxygen atoms in total. The van der Waals surface area contributed by atoms with Gasteiger partial charge in [-0.3, -0.25) is 0 Å². The van der Waals surface area contributed by atoms with Crippen molar-refractivity contribution >= 4 is 26.0 Å². The van der Waals surface area contributed by atoms with Gasteiger partial charge in [0.15, 0.2) is 4.90 Å². The van der Waals surface area contributed by atoms with Gasteiger partial charge in [0, 0.05) is 30.0 Å². The van der Waals surface area contributed by atoms with Crippen molar-refractivity contribution in [2.75, 3.05) is 13.1 Å². The zero-order valence-electron chi connectivity index (χ0n) is 9.74. The fourth-order valence-corrected chi connectivity index (χ4v) is 4.49. The highest BCUT2D eigenvalue weighted by Gasteiger charge is 2.34. The molecular formula is C11H11BrF3NO2S.